The predicted octanol–water partition coefficient (Wildman–Crippen LogP) is 4.08. The number of rotatable bonds is 6. The first kappa shape index (κ1) is 18.7. The molecule has 4 rings (SSSR count). The molecule has 1 aliphatic rings. The molecular formula is C22H23N5O2. The molecule has 0 unspecified atom stereocenters. The van der Waals surface area contributed by atoms with Crippen LogP contribution in [-0.4, -0.2) is 36.1 Å². The van der Waals surface area contributed by atoms with Crippen molar-refractivity contribution in [3.63, 3.8) is 0 Å². The maximum atomic E-state index is 12.6. The molecule has 0 aliphatic carbocycles. The molecule has 148 valence electrons. The van der Waals surface area contributed by atoms with Gasteiger partial charge in [-0.3, -0.25) is 4.79 Å². The predicted molar refractivity (Wildman–Crippen MR) is 114 cm³/mol. The Bertz CT molecular complexity index is 967. The van der Waals surface area contributed by atoms with Crippen molar-refractivity contribution in [2.45, 2.75) is 12.8 Å². The van der Waals surface area contributed by atoms with Crippen LogP contribution in [0.4, 0.5) is 23.0 Å². The lowest BCUT2D eigenvalue weighted by atomic mass is 10.2. The minimum absolute atomic E-state index is 0.279. The van der Waals surface area contributed by atoms with Gasteiger partial charge in [-0.1, -0.05) is 0 Å². The third kappa shape index (κ3) is 4.63. The van der Waals surface area contributed by atoms with E-state index in [1.165, 1.54) is 18.5 Å². The number of methoxy groups -OCH3 is 1. The number of amides is 1. The van der Waals surface area contributed by atoms with Crippen molar-refractivity contribution in [1.82, 2.24) is 9.97 Å². The van der Waals surface area contributed by atoms with E-state index in [9.17, 15) is 4.79 Å². The molecule has 0 bridgehead atoms. The van der Waals surface area contributed by atoms with Crippen LogP contribution >= 0.6 is 0 Å². The zero-order valence-electron chi connectivity index (χ0n) is 16.3. The minimum atomic E-state index is -0.279. The van der Waals surface area contributed by atoms with E-state index < -0.39 is 0 Å². The van der Waals surface area contributed by atoms with Crippen LogP contribution in [0.25, 0.3) is 0 Å². The van der Waals surface area contributed by atoms with Gasteiger partial charge in [-0.25, -0.2) is 9.97 Å². The number of carbonyl (C=O) groups is 1. The van der Waals surface area contributed by atoms with Gasteiger partial charge in [0.25, 0.3) is 5.91 Å². The van der Waals surface area contributed by atoms with Gasteiger partial charge in [0.1, 0.15) is 11.4 Å². The Labute approximate surface area is 169 Å². The Morgan fingerprint density at radius 3 is 2.34 bits per heavy atom. The first-order chi connectivity index (χ1) is 14.2. The van der Waals surface area contributed by atoms with Crippen molar-refractivity contribution in [3.05, 3.63) is 66.5 Å². The molecule has 0 saturated carbocycles. The Balaban J connectivity index is 1.41. The van der Waals surface area contributed by atoms with Crippen LogP contribution in [0.15, 0.2) is 60.8 Å². The topological polar surface area (TPSA) is 79.4 Å². The number of anilines is 4. The Morgan fingerprint density at radius 1 is 0.966 bits per heavy atom. The summed E-state index contributed by atoms with van der Waals surface area (Å²) in [7, 11) is 1.62. The number of hydrogen-bond donors (Lipinski definition) is 2. The fraction of sp³-hybridized carbons (Fsp3) is 0.227. The molecule has 0 spiro atoms. The summed E-state index contributed by atoms with van der Waals surface area (Å²) in [4.78, 5) is 23.4. The first-order valence-corrected chi connectivity index (χ1v) is 9.62. The number of carbonyl (C=O) groups excluding carboxylic acids is 1. The minimum Gasteiger partial charge on any atom is -0.497 e. The molecule has 0 atom stereocenters. The molecule has 7 nitrogen and oxygen atoms in total. The molecule has 2 aromatic carbocycles. The van der Waals surface area contributed by atoms with E-state index in [0.29, 0.717) is 11.6 Å². The summed E-state index contributed by atoms with van der Waals surface area (Å²) in [5, 5.41) is 5.98. The maximum absolute atomic E-state index is 12.6. The number of ether oxygens (including phenoxy) is 1. The first-order valence-electron chi connectivity index (χ1n) is 9.62. The summed E-state index contributed by atoms with van der Waals surface area (Å²) >= 11 is 0. The zero-order chi connectivity index (χ0) is 20.1. The number of nitrogens with zero attached hydrogens (tertiary/aromatic N) is 3. The van der Waals surface area contributed by atoms with E-state index in [1.807, 2.05) is 48.5 Å². The van der Waals surface area contributed by atoms with Crippen LogP contribution in [0.1, 0.15) is 23.3 Å². The quantitative estimate of drug-likeness (QED) is 0.661. The summed E-state index contributed by atoms with van der Waals surface area (Å²) in [5.41, 5.74) is 3.02. The molecule has 1 aliphatic heterocycles. The van der Waals surface area contributed by atoms with Gasteiger partial charge in [0.15, 0.2) is 0 Å². The van der Waals surface area contributed by atoms with Crippen LogP contribution in [-0.2, 0) is 0 Å². The van der Waals surface area contributed by atoms with Crippen molar-refractivity contribution >= 4 is 28.9 Å². The second-order valence-electron chi connectivity index (χ2n) is 6.81. The summed E-state index contributed by atoms with van der Waals surface area (Å²) in [6, 6.07) is 16.9. The largest absolute Gasteiger partial charge is 0.497 e. The van der Waals surface area contributed by atoms with Crippen molar-refractivity contribution < 1.29 is 9.53 Å². The molecule has 0 radical (unpaired) electrons. The number of aromatic nitrogens is 2. The van der Waals surface area contributed by atoms with Crippen LogP contribution in [0.3, 0.4) is 0 Å². The van der Waals surface area contributed by atoms with Gasteiger partial charge in [0, 0.05) is 36.3 Å². The second kappa shape index (κ2) is 8.60. The van der Waals surface area contributed by atoms with Gasteiger partial charge in [0.2, 0.25) is 5.95 Å². The average Bonchev–Trinajstić information content (AvgIpc) is 3.30. The zero-order valence-corrected chi connectivity index (χ0v) is 16.3. The molecular weight excluding hydrogens is 366 g/mol. The monoisotopic (exact) mass is 389 g/mol. The molecule has 2 heterocycles. The van der Waals surface area contributed by atoms with Crippen molar-refractivity contribution in [3.8, 4) is 5.75 Å². The third-order valence-electron chi connectivity index (χ3n) is 4.83. The average molecular weight is 389 g/mol. The third-order valence-corrected chi connectivity index (χ3v) is 4.83. The van der Waals surface area contributed by atoms with Gasteiger partial charge in [-0.2, -0.15) is 0 Å². The van der Waals surface area contributed by atoms with Crippen molar-refractivity contribution in [1.29, 1.82) is 0 Å². The van der Waals surface area contributed by atoms with E-state index >= 15 is 0 Å². The number of benzene rings is 2. The fourth-order valence-corrected chi connectivity index (χ4v) is 3.27. The highest BCUT2D eigenvalue weighted by Gasteiger charge is 2.13. The Kier molecular flexibility index (Phi) is 5.56. The van der Waals surface area contributed by atoms with Gasteiger partial charge < -0.3 is 20.3 Å². The highest BCUT2D eigenvalue weighted by molar-refractivity contribution is 6.03. The summed E-state index contributed by atoms with van der Waals surface area (Å²) < 4.78 is 5.15. The van der Waals surface area contributed by atoms with E-state index in [4.69, 9.17) is 4.74 Å². The molecule has 1 amide bonds. The van der Waals surface area contributed by atoms with E-state index in [2.05, 4.69) is 25.5 Å². The summed E-state index contributed by atoms with van der Waals surface area (Å²) in [6.45, 7) is 2.19. The smallest absolute Gasteiger partial charge is 0.274 e. The normalized spacial score (nSPS) is 13.2. The van der Waals surface area contributed by atoms with Crippen LogP contribution in [0.5, 0.6) is 5.75 Å². The standard InChI is InChI=1S/C22H23N5O2/c1-29-19-10-6-17(7-11-19)25-22-23-13-12-20(26-22)21(28)24-16-4-8-18(9-5-16)27-14-2-3-15-27/h4-13H,2-3,14-15H2,1H3,(H,24,28)(H,23,25,26). The molecule has 7 heteroatoms. The lowest BCUT2D eigenvalue weighted by Gasteiger charge is -2.17. The molecule has 29 heavy (non-hydrogen) atoms. The molecule has 1 saturated heterocycles. The van der Waals surface area contributed by atoms with Crippen LogP contribution in [0, 0.1) is 0 Å². The Morgan fingerprint density at radius 2 is 1.66 bits per heavy atom. The van der Waals surface area contributed by atoms with Crippen LogP contribution < -0.4 is 20.3 Å². The van der Waals surface area contributed by atoms with Gasteiger partial charge in [-0.15, -0.1) is 0 Å². The SMILES string of the molecule is COc1ccc(Nc2nccc(C(=O)Nc3ccc(N4CCCC4)cc3)n2)cc1. The number of nitrogens with one attached hydrogen (secondary N) is 2. The maximum Gasteiger partial charge on any atom is 0.274 e. The van der Waals surface area contributed by atoms with Gasteiger partial charge in [0.05, 0.1) is 7.11 Å². The van der Waals surface area contributed by atoms with E-state index in [-0.39, 0.29) is 5.91 Å². The molecule has 1 aromatic heterocycles. The van der Waals surface area contributed by atoms with Crippen LogP contribution in [0.2, 0.25) is 0 Å². The summed E-state index contributed by atoms with van der Waals surface area (Å²) in [6.07, 6.45) is 4.03. The fourth-order valence-electron chi connectivity index (χ4n) is 3.27. The number of hydrogen-bond acceptors (Lipinski definition) is 6. The highest BCUT2D eigenvalue weighted by Crippen LogP contribution is 2.22. The van der Waals surface area contributed by atoms with E-state index in [0.717, 1.165) is 30.2 Å². The van der Waals surface area contributed by atoms with Crippen molar-refractivity contribution in [2.24, 2.45) is 0 Å². The highest BCUT2D eigenvalue weighted by atomic mass is 16.5. The van der Waals surface area contributed by atoms with Gasteiger partial charge in [-0.05, 0) is 67.4 Å². The lowest BCUT2D eigenvalue weighted by Crippen LogP contribution is -2.18. The van der Waals surface area contributed by atoms with E-state index in [1.54, 1.807) is 19.4 Å². The van der Waals surface area contributed by atoms with Crippen molar-refractivity contribution in [2.75, 3.05) is 35.7 Å². The molecule has 3 aromatic rings. The second-order valence-corrected chi connectivity index (χ2v) is 6.81. The van der Waals surface area contributed by atoms with Gasteiger partial charge >= 0.3 is 0 Å². The molecule has 2 N–H and O–H groups in total. The lowest BCUT2D eigenvalue weighted by molar-refractivity contribution is 0.102. The Hall–Kier alpha value is -3.61. The summed E-state index contributed by atoms with van der Waals surface area (Å²) in [5.74, 6) is 0.839. The molecule has 1 fully saturated rings.